The van der Waals surface area contributed by atoms with E-state index in [0.29, 0.717) is 18.9 Å². The number of anilines is 2. The lowest BCUT2D eigenvalue weighted by Gasteiger charge is -2.33. The number of urea groups is 1. The van der Waals surface area contributed by atoms with Crippen molar-refractivity contribution in [1.29, 1.82) is 0 Å². The summed E-state index contributed by atoms with van der Waals surface area (Å²) in [6, 6.07) is 17.9. The number of nitrogens with one attached hydrogen (secondary N) is 2. The van der Waals surface area contributed by atoms with E-state index in [4.69, 9.17) is 0 Å². The lowest BCUT2D eigenvalue weighted by molar-refractivity contribution is 0.195. The van der Waals surface area contributed by atoms with Gasteiger partial charge in [0.25, 0.3) is 0 Å². The molecule has 1 saturated heterocycles. The molecule has 1 aliphatic rings. The van der Waals surface area contributed by atoms with Crippen molar-refractivity contribution in [1.82, 2.24) is 19.7 Å². The van der Waals surface area contributed by atoms with E-state index in [1.807, 2.05) is 47.4 Å². The van der Waals surface area contributed by atoms with E-state index >= 15 is 0 Å². The zero-order chi connectivity index (χ0) is 19.2. The van der Waals surface area contributed by atoms with Crippen molar-refractivity contribution in [2.24, 2.45) is 0 Å². The average molecular weight is 376 g/mol. The van der Waals surface area contributed by atoms with Gasteiger partial charge in [-0.15, -0.1) is 0 Å². The second-order valence-corrected chi connectivity index (χ2v) is 6.92. The van der Waals surface area contributed by atoms with Crippen LogP contribution in [0.5, 0.6) is 0 Å². The summed E-state index contributed by atoms with van der Waals surface area (Å²) in [4.78, 5) is 19.0. The summed E-state index contributed by atoms with van der Waals surface area (Å²) < 4.78 is 1.75. The summed E-state index contributed by atoms with van der Waals surface area (Å²) in [6.07, 6.45) is 5.47. The van der Waals surface area contributed by atoms with Gasteiger partial charge in [-0.2, -0.15) is 5.10 Å². The molecule has 2 amide bonds. The van der Waals surface area contributed by atoms with Crippen molar-refractivity contribution in [3.63, 3.8) is 0 Å². The number of hydrogen-bond donors (Lipinski definition) is 2. The number of piperidine rings is 1. The van der Waals surface area contributed by atoms with Crippen LogP contribution in [-0.2, 0) is 6.54 Å². The van der Waals surface area contributed by atoms with Gasteiger partial charge < -0.3 is 10.2 Å². The monoisotopic (exact) mass is 376 g/mol. The third-order valence-electron chi connectivity index (χ3n) is 4.84. The zero-order valence-electron chi connectivity index (χ0n) is 15.7. The molecule has 144 valence electrons. The van der Waals surface area contributed by atoms with Gasteiger partial charge >= 0.3 is 6.03 Å². The van der Waals surface area contributed by atoms with Crippen LogP contribution in [0.15, 0.2) is 67.0 Å². The largest absolute Gasteiger partial charge is 0.381 e. The van der Waals surface area contributed by atoms with Crippen molar-refractivity contribution in [2.45, 2.75) is 25.4 Å². The Morgan fingerprint density at radius 3 is 2.75 bits per heavy atom. The molecule has 1 atom stereocenters. The number of carbonyl (C=O) groups excluding carboxylic acids is 1. The fraction of sp³-hybridized carbons (Fsp3) is 0.286. The normalized spacial score (nSPS) is 16.6. The molecular weight excluding hydrogens is 352 g/mol. The summed E-state index contributed by atoms with van der Waals surface area (Å²) >= 11 is 0. The van der Waals surface area contributed by atoms with Crippen LogP contribution < -0.4 is 10.6 Å². The first-order chi connectivity index (χ1) is 13.8. The number of rotatable bonds is 5. The van der Waals surface area contributed by atoms with E-state index in [0.717, 1.165) is 30.8 Å². The molecule has 2 aromatic heterocycles. The van der Waals surface area contributed by atoms with Crippen molar-refractivity contribution in [3.05, 3.63) is 72.7 Å². The highest BCUT2D eigenvalue weighted by Gasteiger charge is 2.24. The van der Waals surface area contributed by atoms with Crippen LogP contribution in [0.25, 0.3) is 0 Å². The molecule has 1 fully saturated rings. The first-order valence-electron chi connectivity index (χ1n) is 9.57. The maximum Gasteiger partial charge on any atom is 0.323 e. The Morgan fingerprint density at radius 2 is 1.93 bits per heavy atom. The van der Waals surface area contributed by atoms with Gasteiger partial charge in [0.15, 0.2) is 0 Å². The Kier molecular flexibility index (Phi) is 5.51. The molecule has 0 saturated carbocycles. The summed E-state index contributed by atoms with van der Waals surface area (Å²) in [5, 5.41) is 10.8. The molecule has 28 heavy (non-hydrogen) atoms. The average Bonchev–Trinajstić information content (AvgIpc) is 3.16. The molecule has 1 unspecified atom stereocenters. The number of amides is 2. The first kappa shape index (κ1) is 18.0. The van der Waals surface area contributed by atoms with Crippen molar-refractivity contribution < 1.29 is 4.79 Å². The Morgan fingerprint density at radius 1 is 1.07 bits per heavy atom. The lowest BCUT2D eigenvalue weighted by Crippen LogP contribution is -2.47. The summed E-state index contributed by atoms with van der Waals surface area (Å²) in [5.41, 5.74) is 1.98. The standard InChI is InChI=1S/C21H24N6O/c28-21(25-20-11-13-23-27(20)16-18-9-4-5-12-22-18)26-14-6-10-19(15-26)24-17-7-2-1-3-8-17/h1-5,7-9,11-13,19,24H,6,10,14-16H2,(H,25,28). The highest BCUT2D eigenvalue weighted by Crippen LogP contribution is 2.17. The third-order valence-corrected chi connectivity index (χ3v) is 4.84. The molecule has 0 radical (unpaired) electrons. The molecule has 2 N–H and O–H groups in total. The fourth-order valence-electron chi connectivity index (χ4n) is 3.45. The van der Waals surface area contributed by atoms with Gasteiger partial charge in [-0.3, -0.25) is 10.3 Å². The number of hydrogen-bond acceptors (Lipinski definition) is 4. The van der Waals surface area contributed by atoms with Crippen LogP contribution in [0, 0.1) is 0 Å². The third kappa shape index (κ3) is 4.49. The second kappa shape index (κ2) is 8.56. The van der Waals surface area contributed by atoms with Crippen molar-refractivity contribution in [2.75, 3.05) is 23.7 Å². The number of para-hydroxylation sites is 1. The molecule has 0 bridgehead atoms. The van der Waals surface area contributed by atoms with E-state index in [1.54, 1.807) is 17.1 Å². The predicted octanol–water partition coefficient (Wildman–Crippen LogP) is 3.43. The minimum atomic E-state index is -0.0951. The summed E-state index contributed by atoms with van der Waals surface area (Å²) in [6.45, 7) is 1.95. The van der Waals surface area contributed by atoms with Gasteiger partial charge in [-0.05, 0) is 37.1 Å². The smallest absolute Gasteiger partial charge is 0.323 e. The summed E-state index contributed by atoms with van der Waals surface area (Å²) in [7, 11) is 0. The van der Waals surface area contributed by atoms with Crippen molar-refractivity contribution >= 4 is 17.5 Å². The van der Waals surface area contributed by atoms with E-state index in [9.17, 15) is 4.79 Å². The maximum absolute atomic E-state index is 12.8. The molecule has 7 nitrogen and oxygen atoms in total. The lowest BCUT2D eigenvalue weighted by atomic mass is 10.1. The van der Waals surface area contributed by atoms with Crippen LogP contribution in [0.2, 0.25) is 0 Å². The topological polar surface area (TPSA) is 75.1 Å². The van der Waals surface area contributed by atoms with E-state index < -0.39 is 0 Å². The quantitative estimate of drug-likeness (QED) is 0.715. The molecule has 0 spiro atoms. The molecule has 1 aromatic carbocycles. The van der Waals surface area contributed by atoms with Crippen LogP contribution in [0.4, 0.5) is 16.3 Å². The Labute approximate surface area is 164 Å². The number of benzene rings is 1. The molecule has 4 rings (SSSR count). The highest BCUT2D eigenvalue weighted by atomic mass is 16.2. The first-order valence-corrected chi connectivity index (χ1v) is 9.57. The van der Waals surface area contributed by atoms with Crippen LogP contribution in [0.1, 0.15) is 18.5 Å². The number of carbonyl (C=O) groups is 1. The predicted molar refractivity (Wildman–Crippen MR) is 109 cm³/mol. The Balaban J connectivity index is 1.37. The molecule has 7 heteroatoms. The molecule has 3 heterocycles. The SMILES string of the molecule is O=C(Nc1ccnn1Cc1ccccn1)N1CCCC(Nc2ccccc2)C1. The summed E-state index contributed by atoms with van der Waals surface area (Å²) in [5.74, 6) is 0.675. The zero-order valence-corrected chi connectivity index (χ0v) is 15.7. The van der Waals surface area contributed by atoms with E-state index in [1.165, 1.54) is 0 Å². The van der Waals surface area contributed by atoms with Gasteiger partial charge in [-0.25, -0.2) is 9.48 Å². The molecule has 1 aliphatic heterocycles. The van der Waals surface area contributed by atoms with Crippen LogP contribution >= 0.6 is 0 Å². The van der Waals surface area contributed by atoms with E-state index in [-0.39, 0.29) is 12.1 Å². The van der Waals surface area contributed by atoms with Gasteiger partial charge in [-0.1, -0.05) is 24.3 Å². The van der Waals surface area contributed by atoms with Crippen LogP contribution in [-0.4, -0.2) is 44.8 Å². The second-order valence-electron chi connectivity index (χ2n) is 6.92. The Bertz CT molecular complexity index is 896. The van der Waals surface area contributed by atoms with Gasteiger partial charge in [0.2, 0.25) is 0 Å². The number of aromatic nitrogens is 3. The van der Waals surface area contributed by atoms with Gasteiger partial charge in [0.1, 0.15) is 5.82 Å². The number of pyridine rings is 1. The van der Waals surface area contributed by atoms with E-state index in [2.05, 4.69) is 32.8 Å². The highest BCUT2D eigenvalue weighted by molar-refractivity contribution is 5.88. The van der Waals surface area contributed by atoms with Gasteiger partial charge in [0.05, 0.1) is 18.4 Å². The number of likely N-dealkylation sites (tertiary alicyclic amines) is 1. The maximum atomic E-state index is 12.8. The molecular formula is C21H24N6O. The minimum Gasteiger partial charge on any atom is -0.381 e. The minimum absolute atomic E-state index is 0.0951. The van der Waals surface area contributed by atoms with Gasteiger partial charge in [0, 0.05) is 37.1 Å². The van der Waals surface area contributed by atoms with Crippen LogP contribution in [0.3, 0.4) is 0 Å². The number of nitrogens with zero attached hydrogens (tertiary/aromatic N) is 4. The van der Waals surface area contributed by atoms with Crippen molar-refractivity contribution in [3.8, 4) is 0 Å². The fourth-order valence-corrected chi connectivity index (χ4v) is 3.45. The molecule has 3 aromatic rings. The molecule has 0 aliphatic carbocycles. The Hall–Kier alpha value is -3.35.